The Hall–Kier alpha value is -1.50. The molecule has 0 radical (unpaired) electrons. The van der Waals surface area contributed by atoms with Crippen LogP contribution < -0.4 is 10.6 Å². The summed E-state index contributed by atoms with van der Waals surface area (Å²) in [5.74, 6) is -0.558. The topological polar surface area (TPSA) is 70.6 Å². The van der Waals surface area contributed by atoms with E-state index in [4.69, 9.17) is 4.74 Å². The summed E-state index contributed by atoms with van der Waals surface area (Å²) >= 11 is 0. The van der Waals surface area contributed by atoms with Crippen LogP contribution in [0.5, 0.6) is 0 Å². The second kappa shape index (κ2) is 6.98. The number of aliphatic hydroxyl groups is 1. The van der Waals surface area contributed by atoms with Gasteiger partial charge in [-0.1, -0.05) is 6.07 Å². The average molecular weight is 296 g/mol. The lowest BCUT2D eigenvalue weighted by Gasteiger charge is -2.40. The van der Waals surface area contributed by atoms with Crippen LogP contribution >= 0.6 is 0 Å². The van der Waals surface area contributed by atoms with Crippen molar-refractivity contribution >= 4 is 11.6 Å². The van der Waals surface area contributed by atoms with E-state index >= 15 is 0 Å². The number of anilines is 1. The largest absolute Gasteiger partial charge is 0.396 e. The van der Waals surface area contributed by atoms with Crippen molar-refractivity contribution in [2.75, 3.05) is 31.7 Å². The average Bonchev–Trinajstić information content (AvgIpc) is 2.37. The third-order valence-corrected chi connectivity index (χ3v) is 3.58. The normalized spacial score (nSPS) is 17.9. The van der Waals surface area contributed by atoms with Gasteiger partial charge < -0.3 is 20.5 Å². The summed E-state index contributed by atoms with van der Waals surface area (Å²) in [6, 6.07) is 5.76. The Labute approximate surface area is 123 Å². The second-order valence-corrected chi connectivity index (χ2v) is 5.70. The monoisotopic (exact) mass is 296 g/mol. The molecule has 0 saturated carbocycles. The number of hydrogen-bond donors (Lipinski definition) is 3. The van der Waals surface area contributed by atoms with E-state index in [2.05, 4.69) is 10.6 Å². The number of rotatable bonds is 7. The van der Waals surface area contributed by atoms with Crippen molar-refractivity contribution in [2.24, 2.45) is 5.41 Å². The minimum absolute atomic E-state index is 0.0393. The van der Waals surface area contributed by atoms with Gasteiger partial charge in [0.15, 0.2) is 0 Å². The minimum Gasteiger partial charge on any atom is -0.396 e. The molecule has 3 N–H and O–H groups in total. The number of nitrogens with one attached hydrogen (secondary N) is 2. The number of amides is 1. The Morgan fingerprint density at radius 3 is 2.86 bits per heavy atom. The molecule has 116 valence electrons. The predicted octanol–water partition coefficient (Wildman–Crippen LogP) is 1.14. The zero-order chi connectivity index (χ0) is 15.3. The van der Waals surface area contributed by atoms with Gasteiger partial charge in [0.05, 0.1) is 25.2 Å². The summed E-state index contributed by atoms with van der Waals surface area (Å²) in [4.78, 5) is 11.9. The van der Waals surface area contributed by atoms with Crippen molar-refractivity contribution in [1.29, 1.82) is 0 Å². The lowest BCUT2D eigenvalue weighted by atomic mass is 9.87. The van der Waals surface area contributed by atoms with Crippen molar-refractivity contribution < 1.29 is 19.0 Å². The van der Waals surface area contributed by atoms with Gasteiger partial charge in [0.1, 0.15) is 5.82 Å². The summed E-state index contributed by atoms with van der Waals surface area (Å²) in [7, 11) is 0. The van der Waals surface area contributed by atoms with Crippen molar-refractivity contribution in [1.82, 2.24) is 5.32 Å². The van der Waals surface area contributed by atoms with Crippen LogP contribution in [0.4, 0.5) is 10.1 Å². The first-order valence-electron chi connectivity index (χ1n) is 7.00. The molecule has 1 aliphatic heterocycles. The molecule has 1 aromatic carbocycles. The van der Waals surface area contributed by atoms with E-state index in [1.165, 1.54) is 12.1 Å². The van der Waals surface area contributed by atoms with Gasteiger partial charge in [-0.15, -0.1) is 0 Å². The van der Waals surface area contributed by atoms with E-state index in [0.717, 1.165) is 0 Å². The molecule has 1 atom stereocenters. The van der Waals surface area contributed by atoms with Crippen molar-refractivity contribution in [3.05, 3.63) is 30.1 Å². The van der Waals surface area contributed by atoms with Gasteiger partial charge in [0, 0.05) is 24.7 Å². The highest BCUT2D eigenvalue weighted by Crippen LogP contribution is 2.25. The molecule has 1 aliphatic rings. The fourth-order valence-electron chi connectivity index (χ4n) is 2.16. The molecule has 1 unspecified atom stereocenters. The fourth-order valence-corrected chi connectivity index (χ4v) is 2.16. The summed E-state index contributed by atoms with van der Waals surface area (Å²) in [6.07, 6.45) is 0.277. The molecule has 1 aromatic rings. The highest BCUT2D eigenvalue weighted by Gasteiger charge is 2.37. The zero-order valence-corrected chi connectivity index (χ0v) is 12.1. The van der Waals surface area contributed by atoms with Crippen LogP contribution in [0, 0.1) is 11.2 Å². The third kappa shape index (κ3) is 4.49. The van der Waals surface area contributed by atoms with E-state index in [9.17, 15) is 14.3 Å². The summed E-state index contributed by atoms with van der Waals surface area (Å²) in [5.41, 5.74) is 0.235. The molecule has 21 heavy (non-hydrogen) atoms. The Balaban J connectivity index is 1.74. The Morgan fingerprint density at radius 2 is 2.29 bits per heavy atom. The molecule has 0 aliphatic carbocycles. The van der Waals surface area contributed by atoms with E-state index < -0.39 is 0 Å². The molecule has 1 fully saturated rings. The Morgan fingerprint density at radius 1 is 1.52 bits per heavy atom. The molecule has 1 heterocycles. The van der Waals surface area contributed by atoms with Gasteiger partial charge in [0.25, 0.3) is 0 Å². The van der Waals surface area contributed by atoms with E-state index in [1.807, 2.05) is 6.92 Å². The minimum atomic E-state index is -0.381. The first-order chi connectivity index (χ1) is 10.0. The SMILES string of the molecule is CC(CC(=O)Nc1cccc(F)c1)NCC1(CO)COC1. The zero-order valence-electron chi connectivity index (χ0n) is 12.1. The maximum absolute atomic E-state index is 13.0. The number of benzene rings is 1. The molecular weight excluding hydrogens is 275 g/mol. The van der Waals surface area contributed by atoms with E-state index in [-0.39, 0.29) is 36.2 Å². The number of hydrogen-bond acceptors (Lipinski definition) is 4. The Bertz CT molecular complexity index is 486. The van der Waals surface area contributed by atoms with Gasteiger partial charge in [-0.2, -0.15) is 0 Å². The molecule has 1 saturated heterocycles. The molecule has 6 heteroatoms. The van der Waals surface area contributed by atoms with Crippen LogP contribution in [-0.4, -0.2) is 43.4 Å². The second-order valence-electron chi connectivity index (χ2n) is 5.70. The van der Waals surface area contributed by atoms with Crippen molar-refractivity contribution in [3.63, 3.8) is 0 Å². The number of halogens is 1. The lowest BCUT2D eigenvalue weighted by Crippen LogP contribution is -2.53. The molecule has 0 aromatic heterocycles. The van der Waals surface area contributed by atoms with E-state index in [0.29, 0.717) is 25.4 Å². The number of aliphatic hydroxyl groups excluding tert-OH is 1. The molecule has 0 bridgehead atoms. The van der Waals surface area contributed by atoms with Crippen molar-refractivity contribution in [2.45, 2.75) is 19.4 Å². The van der Waals surface area contributed by atoms with Crippen LogP contribution in [0.15, 0.2) is 24.3 Å². The van der Waals surface area contributed by atoms with Crippen LogP contribution in [-0.2, 0) is 9.53 Å². The van der Waals surface area contributed by atoms with Gasteiger partial charge in [-0.3, -0.25) is 4.79 Å². The quantitative estimate of drug-likeness (QED) is 0.706. The standard InChI is InChI=1S/C15H21FN2O3/c1-11(17-7-15(8-19)9-21-10-15)5-14(20)18-13-4-2-3-12(16)6-13/h2-4,6,11,17,19H,5,7-10H2,1H3,(H,18,20). The van der Waals surface area contributed by atoms with Crippen molar-refractivity contribution in [3.8, 4) is 0 Å². The third-order valence-electron chi connectivity index (χ3n) is 3.58. The molecular formula is C15H21FN2O3. The van der Waals surface area contributed by atoms with Crippen LogP contribution in [0.25, 0.3) is 0 Å². The lowest BCUT2D eigenvalue weighted by molar-refractivity contribution is -0.135. The maximum atomic E-state index is 13.0. The number of carbonyl (C=O) groups excluding carboxylic acids is 1. The smallest absolute Gasteiger partial charge is 0.225 e. The molecule has 0 spiro atoms. The molecule has 1 amide bonds. The number of ether oxygens (including phenoxy) is 1. The van der Waals surface area contributed by atoms with Gasteiger partial charge in [-0.25, -0.2) is 4.39 Å². The van der Waals surface area contributed by atoms with Gasteiger partial charge in [0.2, 0.25) is 5.91 Å². The fraction of sp³-hybridized carbons (Fsp3) is 0.533. The van der Waals surface area contributed by atoms with Gasteiger partial charge >= 0.3 is 0 Å². The first kappa shape index (κ1) is 15.9. The summed E-state index contributed by atoms with van der Waals surface area (Å²) < 4.78 is 18.1. The molecule has 2 rings (SSSR count). The highest BCUT2D eigenvalue weighted by atomic mass is 19.1. The van der Waals surface area contributed by atoms with Crippen LogP contribution in [0.3, 0.4) is 0 Å². The van der Waals surface area contributed by atoms with Crippen LogP contribution in [0.1, 0.15) is 13.3 Å². The van der Waals surface area contributed by atoms with Gasteiger partial charge in [-0.05, 0) is 25.1 Å². The summed E-state index contributed by atoms with van der Waals surface area (Å²) in [6.45, 7) is 3.66. The van der Waals surface area contributed by atoms with E-state index in [1.54, 1.807) is 12.1 Å². The maximum Gasteiger partial charge on any atom is 0.225 e. The van der Waals surface area contributed by atoms with Crippen LogP contribution in [0.2, 0.25) is 0 Å². The summed E-state index contributed by atoms with van der Waals surface area (Å²) in [5, 5.41) is 15.2. The Kier molecular flexibility index (Phi) is 5.27. The number of carbonyl (C=O) groups is 1. The highest BCUT2D eigenvalue weighted by molar-refractivity contribution is 5.91. The predicted molar refractivity (Wildman–Crippen MR) is 77.4 cm³/mol. The first-order valence-corrected chi connectivity index (χ1v) is 7.00. The molecule has 5 nitrogen and oxygen atoms in total.